The van der Waals surface area contributed by atoms with Gasteiger partial charge >= 0.3 is 0 Å². The smallest absolute Gasteiger partial charge is 0.217 e. The van der Waals surface area contributed by atoms with E-state index in [-0.39, 0.29) is 5.96 Å². The van der Waals surface area contributed by atoms with Gasteiger partial charge in [0.1, 0.15) is 5.75 Å². The zero-order valence-corrected chi connectivity index (χ0v) is 13.3. The first-order valence-corrected chi connectivity index (χ1v) is 7.10. The molecule has 0 heterocycles. The normalized spacial score (nSPS) is 11.5. The van der Waals surface area contributed by atoms with Crippen LogP contribution >= 0.6 is 0 Å². The second-order valence-corrected chi connectivity index (χ2v) is 4.82. The molecule has 0 fully saturated rings. The summed E-state index contributed by atoms with van der Waals surface area (Å²) < 4.78 is 5.12. The summed E-state index contributed by atoms with van der Waals surface area (Å²) in [5.74, 6) is 1.07. The summed E-state index contributed by atoms with van der Waals surface area (Å²) in [7, 11) is 3.37. The van der Waals surface area contributed by atoms with Gasteiger partial charge < -0.3 is 10.5 Å². The molecule has 0 saturated carbocycles. The van der Waals surface area contributed by atoms with Crippen LogP contribution in [0.25, 0.3) is 5.70 Å². The first-order valence-electron chi connectivity index (χ1n) is 7.10. The van der Waals surface area contributed by atoms with E-state index in [9.17, 15) is 0 Å². The van der Waals surface area contributed by atoms with E-state index in [0.29, 0.717) is 5.70 Å². The number of hydrogen-bond acceptors (Lipinski definition) is 3. The lowest BCUT2D eigenvalue weighted by Crippen LogP contribution is -2.29. The molecule has 0 aliphatic rings. The topological polar surface area (TPSA) is 63.2 Å². The largest absolute Gasteiger partial charge is 0.497 e. The van der Waals surface area contributed by atoms with Gasteiger partial charge in [0.05, 0.1) is 19.0 Å². The molecule has 0 aliphatic heterocycles. The lowest BCUT2D eigenvalue weighted by Gasteiger charge is -2.12. The maximum Gasteiger partial charge on any atom is 0.217 e. The van der Waals surface area contributed by atoms with Crippen LogP contribution in [0.3, 0.4) is 0 Å². The number of methoxy groups -OCH3 is 1. The molecule has 2 N–H and O–H groups in total. The van der Waals surface area contributed by atoms with Gasteiger partial charge in [-0.1, -0.05) is 36.9 Å². The van der Waals surface area contributed by atoms with Crippen molar-refractivity contribution in [1.82, 2.24) is 5.01 Å². The molecule has 0 unspecified atom stereocenters. The molecule has 118 valence electrons. The Morgan fingerprint density at radius 1 is 1.13 bits per heavy atom. The van der Waals surface area contributed by atoms with E-state index in [1.807, 2.05) is 54.6 Å². The summed E-state index contributed by atoms with van der Waals surface area (Å²) >= 11 is 0. The van der Waals surface area contributed by atoms with Gasteiger partial charge in [-0.05, 0) is 35.4 Å². The molecule has 5 heteroatoms. The lowest BCUT2D eigenvalue weighted by atomic mass is 10.2. The van der Waals surface area contributed by atoms with Crippen LogP contribution in [0.5, 0.6) is 5.75 Å². The van der Waals surface area contributed by atoms with Crippen molar-refractivity contribution in [1.29, 1.82) is 0 Å². The van der Waals surface area contributed by atoms with Gasteiger partial charge in [-0.15, -0.1) is 0 Å². The van der Waals surface area contributed by atoms with Crippen LogP contribution in [0.15, 0.2) is 71.3 Å². The van der Waals surface area contributed by atoms with Crippen LogP contribution < -0.4 is 10.5 Å². The molecule has 2 aromatic carbocycles. The highest BCUT2D eigenvalue weighted by Gasteiger charge is 2.02. The second-order valence-electron chi connectivity index (χ2n) is 4.82. The monoisotopic (exact) mass is 308 g/mol. The van der Waals surface area contributed by atoms with Crippen LogP contribution in [0.1, 0.15) is 11.1 Å². The number of nitrogens with zero attached hydrogens (tertiary/aromatic N) is 3. The fourth-order valence-corrected chi connectivity index (χ4v) is 1.81. The number of hydrazone groups is 1. The highest BCUT2D eigenvalue weighted by Crippen LogP contribution is 2.13. The van der Waals surface area contributed by atoms with E-state index in [1.165, 1.54) is 5.01 Å². The van der Waals surface area contributed by atoms with Crippen LogP contribution in [0.2, 0.25) is 0 Å². The Kier molecular flexibility index (Phi) is 5.52. The molecule has 0 spiro atoms. The summed E-state index contributed by atoms with van der Waals surface area (Å²) in [5.41, 5.74) is 8.40. The minimum Gasteiger partial charge on any atom is -0.497 e. The van der Waals surface area contributed by atoms with Gasteiger partial charge in [-0.2, -0.15) is 5.10 Å². The fraction of sp³-hybridized carbons (Fsp3) is 0.111. The fourth-order valence-electron chi connectivity index (χ4n) is 1.81. The summed E-state index contributed by atoms with van der Waals surface area (Å²) in [6.45, 7) is 3.92. The Balaban J connectivity index is 2.03. The van der Waals surface area contributed by atoms with E-state index < -0.39 is 0 Å². The van der Waals surface area contributed by atoms with E-state index in [0.717, 1.165) is 16.9 Å². The first kappa shape index (κ1) is 16.3. The molecular weight excluding hydrogens is 288 g/mol. The zero-order valence-electron chi connectivity index (χ0n) is 13.3. The van der Waals surface area contributed by atoms with Crippen LogP contribution in [-0.4, -0.2) is 31.3 Å². The predicted octanol–water partition coefficient (Wildman–Crippen LogP) is 2.95. The number of aliphatic imine (C=N–C) groups is 1. The first-order chi connectivity index (χ1) is 11.1. The number of nitrogens with two attached hydrogens (primary N) is 1. The van der Waals surface area contributed by atoms with Crippen LogP contribution in [0.4, 0.5) is 0 Å². The highest BCUT2D eigenvalue weighted by atomic mass is 16.5. The molecule has 0 bridgehead atoms. The zero-order chi connectivity index (χ0) is 16.7. The van der Waals surface area contributed by atoms with E-state index in [4.69, 9.17) is 10.5 Å². The molecule has 2 rings (SSSR count). The Bertz CT molecular complexity index is 706. The lowest BCUT2D eigenvalue weighted by molar-refractivity contribution is 0.415. The molecule has 0 radical (unpaired) electrons. The van der Waals surface area contributed by atoms with Crippen molar-refractivity contribution in [3.8, 4) is 5.75 Å². The van der Waals surface area contributed by atoms with Crippen LogP contribution in [-0.2, 0) is 0 Å². The molecule has 0 saturated heterocycles. The Morgan fingerprint density at radius 3 is 2.39 bits per heavy atom. The van der Waals surface area contributed by atoms with Gasteiger partial charge in [0.2, 0.25) is 5.96 Å². The Morgan fingerprint density at radius 2 is 1.78 bits per heavy atom. The number of rotatable bonds is 5. The summed E-state index contributed by atoms with van der Waals surface area (Å²) in [5, 5.41) is 5.77. The van der Waals surface area contributed by atoms with Crippen molar-refractivity contribution in [3.63, 3.8) is 0 Å². The molecule has 2 aromatic rings. The third kappa shape index (κ3) is 4.71. The SMILES string of the molecule is C=C(N=C(N)N(C)/N=C/c1ccc(OC)cc1)c1ccccc1. The number of hydrogen-bond donors (Lipinski definition) is 1. The Hall–Kier alpha value is -3.08. The van der Waals surface area contributed by atoms with Crippen molar-refractivity contribution in [3.05, 3.63) is 72.3 Å². The molecule has 5 nitrogen and oxygen atoms in total. The number of benzene rings is 2. The van der Waals surface area contributed by atoms with Crippen LogP contribution in [0, 0.1) is 0 Å². The minimum atomic E-state index is 0.267. The van der Waals surface area contributed by atoms with Crippen molar-refractivity contribution in [2.75, 3.05) is 14.2 Å². The summed E-state index contributed by atoms with van der Waals surface area (Å²) in [6.07, 6.45) is 1.70. The molecule has 0 amide bonds. The molecule has 23 heavy (non-hydrogen) atoms. The maximum absolute atomic E-state index is 5.95. The van der Waals surface area contributed by atoms with Crippen molar-refractivity contribution >= 4 is 17.9 Å². The van der Waals surface area contributed by atoms with Crippen molar-refractivity contribution in [2.24, 2.45) is 15.8 Å². The second kappa shape index (κ2) is 7.79. The molecular formula is C18H20N4O. The number of guanidine groups is 1. The highest BCUT2D eigenvalue weighted by molar-refractivity contribution is 5.86. The quantitative estimate of drug-likeness (QED) is 0.525. The van der Waals surface area contributed by atoms with Gasteiger partial charge in [-0.25, -0.2) is 10.0 Å². The van der Waals surface area contributed by atoms with Gasteiger partial charge in [0.25, 0.3) is 0 Å². The molecule has 0 aromatic heterocycles. The number of ether oxygens (including phenoxy) is 1. The van der Waals surface area contributed by atoms with E-state index in [1.54, 1.807) is 20.4 Å². The van der Waals surface area contributed by atoms with Crippen molar-refractivity contribution < 1.29 is 4.74 Å². The Labute approximate surface area is 136 Å². The van der Waals surface area contributed by atoms with Crippen molar-refractivity contribution in [2.45, 2.75) is 0 Å². The average molecular weight is 308 g/mol. The summed E-state index contributed by atoms with van der Waals surface area (Å²) in [4.78, 5) is 4.28. The van der Waals surface area contributed by atoms with E-state index in [2.05, 4.69) is 16.7 Å². The van der Waals surface area contributed by atoms with Gasteiger partial charge in [0, 0.05) is 7.05 Å². The van der Waals surface area contributed by atoms with E-state index >= 15 is 0 Å². The minimum absolute atomic E-state index is 0.267. The maximum atomic E-state index is 5.95. The molecule has 0 aliphatic carbocycles. The third-order valence-corrected chi connectivity index (χ3v) is 3.18. The standard InChI is InChI=1S/C18H20N4O/c1-14(16-7-5-4-6-8-16)21-18(19)22(2)20-13-15-9-11-17(23-3)12-10-15/h4-13H,1H2,2-3H3,(H2,19,21)/b20-13+. The van der Waals surface area contributed by atoms with Gasteiger partial charge in [-0.3, -0.25) is 0 Å². The average Bonchev–Trinajstić information content (AvgIpc) is 2.60. The predicted molar refractivity (Wildman–Crippen MR) is 95.4 cm³/mol. The molecule has 0 atom stereocenters. The van der Waals surface area contributed by atoms with Gasteiger partial charge in [0.15, 0.2) is 0 Å². The third-order valence-electron chi connectivity index (χ3n) is 3.18. The summed E-state index contributed by atoms with van der Waals surface area (Å²) in [6, 6.07) is 17.2.